The van der Waals surface area contributed by atoms with Gasteiger partial charge in [0.05, 0.1) is 11.4 Å². The smallest absolute Gasteiger partial charge is 0.240 e. The standard InChI is InChI=1S/C19H16F2N8/c1-2-4-14-15(23-11-28-19(14)26-18(27-28)17(20)21)9-13-7-8-24-29(13)16-6-3-5-12(10-22)25-16/h3,5-8,11,17H,2,4,9H2,1H3. The van der Waals surface area contributed by atoms with Crippen LogP contribution in [0.4, 0.5) is 8.78 Å². The quantitative estimate of drug-likeness (QED) is 0.499. The van der Waals surface area contributed by atoms with Crippen LogP contribution in [-0.4, -0.2) is 34.3 Å². The topological polar surface area (TPSA) is 97.6 Å². The van der Waals surface area contributed by atoms with E-state index in [2.05, 4.69) is 25.1 Å². The highest BCUT2D eigenvalue weighted by atomic mass is 19.3. The van der Waals surface area contributed by atoms with Crippen molar-refractivity contribution in [3.05, 3.63) is 65.3 Å². The molecule has 0 saturated carbocycles. The Labute approximate surface area is 164 Å². The predicted octanol–water partition coefficient (Wildman–Crippen LogP) is 3.06. The molecule has 4 aromatic heterocycles. The highest BCUT2D eigenvalue weighted by molar-refractivity contribution is 5.50. The number of halogens is 2. The van der Waals surface area contributed by atoms with Crippen LogP contribution in [0.2, 0.25) is 0 Å². The highest BCUT2D eigenvalue weighted by Gasteiger charge is 2.19. The van der Waals surface area contributed by atoms with Gasteiger partial charge in [0.15, 0.2) is 11.5 Å². The maximum Gasteiger partial charge on any atom is 0.299 e. The van der Waals surface area contributed by atoms with Crippen molar-refractivity contribution in [1.29, 1.82) is 5.26 Å². The van der Waals surface area contributed by atoms with Gasteiger partial charge >= 0.3 is 0 Å². The first-order valence-corrected chi connectivity index (χ1v) is 9.02. The van der Waals surface area contributed by atoms with Gasteiger partial charge in [-0.1, -0.05) is 19.4 Å². The average Bonchev–Trinajstić information content (AvgIpc) is 3.37. The second-order valence-corrected chi connectivity index (χ2v) is 6.36. The lowest BCUT2D eigenvalue weighted by Gasteiger charge is -2.10. The van der Waals surface area contributed by atoms with Crippen LogP contribution in [0.1, 0.15) is 48.2 Å². The minimum Gasteiger partial charge on any atom is -0.240 e. The van der Waals surface area contributed by atoms with Gasteiger partial charge in [0, 0.05) is 18.2 Å². The van der Waals surface area contributed by atoms with E-state index < -0.39 is 12.2 Å². The molecule has 8 nitrogen and oxygen atoms in total. The fraction of sp³-hybridized carbons (Fsp3) is 0.263. The van der Waals surface area contributed by atoms with Gasteiger partial charge in [-0.25, -0.2) is 32.9 Å². The van der Waals surface area contributed by atoms with E-state index in [0.717, 1.165) is 17.7 Å². The number of pyridine rings is 1. The number of fused-ring (bicyclic) bond motifs is 1. The number of nitriles is 1. The molecular formula is C19H16F2N8. The first-order valence-electron chi connectivity index (χ1n) is 9.02. The van der Waals surface area contributed by atoms with Crippen molar-refractivity contribution in [3.63, 3.8) is 0 Å². The lowest BCUT2D eigenvalue weighted by molar-refractivity contribution is 0.140. The van der Waals surface area contributed by atoms with E-state index in [4.69, 9.17) is 5.26 Å². The van der Waals surface area contributed by atoms with Crippen LogP contribution >= 0.6 is 0 Å². The third-order valence-electron chi connectivity index (χ3n) is 4.42. The number of hydrogen-bond acceptors (Lipinski definition) is 6. The molecular weight excluding hydrogens is 378 g/mol. The van der Waals surface area contributed by atoms with Gasteiger partial charge in [0.1, 0.15) is 18.1 Å². The number of rotatable bonds is 6. The summed E-state index contributed by atoms with van der Waals surface area (Å²) >= 11 is 0. The zero-order valence-electron chi connectivity index (χ0n) is 15.5. The van der Waals surface area contributed by atoms with Crippen molar-refractivity contribution >= 4 is 5.65 Å². The molecule has 4 aromatic rings. The minimum absolute atomic E-state index is 0.290. The van der Waals surface area contributed by atoms with Crippen molar-refractivity contribution in [2.45, 2.75) is 32.6 Å². The Morgan fingerprint density at radius 1 is 1.21 bits per heavy atom. The Bertz CT molecular complexity index is 1200. The van der Waals surface area contributed by atoms with Crippen molar-refractivity contribution in [3.8, 4) is 11.9 Å². The van der Waals surface area contributed by atoms with E-state index in [-0.39, 0.29) is 5.69 Å². The highest BCUT2D eigenvalue weighted by Crippen LogP contribution is 2.22. The number of aryl methyl sites for hydroxylation is 1. The zero-order valence-corrected chi connectivity index (χ0v) is 15.5. The first-order chi connectivity index (χ1) is 14.1. The summed E-state index contributed by atoms with van der Waals surface area (Å²) in [6.45, 7) is 2.00. The maximum absolute atomic E-state index is 13.0. The van der Waals surface area contributed by atoms with E-state index in [0.29, 0.717) is 30.0 Å². The third-order valence-corrected chi connectivity index (χ3v) is 4.42. The van der Waals surface area contributed by atoms with Crippen molar-refractivity contribution in [1.82, 2.24) is 34.3 Å². The molecule has 0 aliphatic rings. The van der Waals surface area contributed by atoms with Gasteiger partial charge in [-0.05, 0) is 24.6 Å². The molecule has 4 heterocycles. The first kappa shape index (κ1) is 18.6. The lowest BCUT2D eigenvalue weighted by Crippen LogP contribution is -2.09. The van der Waals surface area contributed by atoms with Gasteiger partial charge in [0.2, 0.25) is 5.82 Å². The second kappa shape index (κ2) is 7.71. The SMILES string of the molecule is CCCc1c(Cc2ccnn2-c2cccc(C#N)n2)ncn2nc(C(F)F)nc12. The van der Waals surface area contributed by atoms with Crippen LogP contribution < -0.4 is 0 Å². The Hall–Kier alpha value is -3.74. The third kappa shape index (κ3) is 3.54. The molecule has 10 heteroatoms. The second-order valence-electron chi connectivity index (χ2n) is 6.36. The van der Waals surface area contributed by atoms with Gasteiger partial charge in [0.25, 0.3) is 6.43 Å². The molecule has 0 amide bonds. The molecule has 0 aliphatic carbocycles. The summed E-state index contributed by atoms with van der Waals surface area (Å²) < 4.78 is 29.0. The van der Waals surface area contributed by atoms with Crippen LogP contribution in [-0.2, 0) is 12.8 Å². The van der Waals surface area contributed by atoms with Crippen LogP contribution in [0.3, 0.4) is 0 Å². The minimum atomic E-state index is -2.74. The Balaban J connectivity index is 1.76. The number of nitrogens with zero attached hydrogens (tertiary/aromatic N) is 8. The fourth-order valence-electron chi connectivity index (χ4n) is 3.15. The van der Waals surface area contributed by atoms with Crippen LogP contribution in [0, 0.1) is 11.3 Å². The fourth-order valence-corrected chi connectivity index (χ4v) is 3.15. The van der Waals surface area contributed by atoms with Gasteiger partial charge in [-0.15, -0.1) is 5.10 Å². The summed E-state index contributed by atoms with van der Waals surface area (Å²) in [4.78, 5) is 12.7. The van der Waals surface area contributed by atoms with Crippen molar-refractivity contribution in [2.75, 3.05) is 0 Å². The predicted molar refractivity (Wildman–Crippen MR) is 98.6 cm³/mol. The monoisotopic (exact) mass is 394 g/mol. The maximum atomic E-state index is 13.0. The molecule has 0 aromatic carbocycles. The summed E-state index contributed by atoms with van der Waals surface area (Å²) in [5, 5.41) is 17.2. The molecule has 0 atom stereocenters. The molecule has 0 unspecified atom stereocenters. The molecule has 4 rings (SSSR count). The summed E-state index contributed by atoms with van der Waals surface area (Å²) in [5.41, 5.74) is 2.98. The summed E-state index contributed by atoms with van der Waals surface area (Å²) in [5.74, 6) is 0.00787. The molecule has 0 spiro atoms. The normalized spacial score (nSPS) is 11.3. The molecule has 0 aliphatic heterocycles. The summed E-state index contributed by atoms with van der Waals surface area (Å²) in [7, 11) is 0. The van der Waals surface area contributed by atoms with Gasteiger partial charge in [-0.3, -0.25) is 0 Å². The molecule has 0 saturated heterocycles. The van der Waals surface area contributed by atoms with E-state index in [9.17, 15) is 8.78 Å². The number of hydrogen-bond donors (Lipinski definition) is 0. The summed E-state index contributed by atoms with van der Waals surface area (Å²) in [6, 6.07) is 8.96. The average molecular weight is 394 g/mol. The van der Waals surface area contributed by atoms with E-state index in [1.54, 1.807) is 29.1 Å². The van der Waals surface area contributed by atoms with Gasteiger partial charge in [-0.2, -0.15) is 10.4 Å². The number of aromatic nitrogens is 7. The Morgan fingerprint density at radius 2 is 2.07 bits per heavy atom. The zero-order chi connectivity index (χ0) is 20.4. The summed E-state index contributed by atoms with van der Waals surface area (Å²) in [6.07, 6.45) is 2.13. The van der Waals surface area contributed by atoms with E-state index in [1.807, 2.05) is 19.1 Å². The van der Waals surface area contributed by atoms with Crippen molar-refractivity contribution in [2.24, 2.45) is 0 Å². The molecule has 0 fully saturated rings. The van der Waals surface area contributed by atoms with Crippen LogP contribution in [0.15, 0.2) is 36.8 Å². The molecule has 0 N–H and O–H groups in total. The lowest BCUT2D eigenvalue weighted by atomic mass is 10.1. The number of alkyl halides is 2. The largest absolute Gasteiger partial charge is 0.299 e. The Kier molecular flexibility index (Phi) is 4.95. The molecule has 0 bridgehead atoms. The Morgan fingerprint density at radius 3 is 2.83 bits per heavy atom. The van der Waals surface area contributed by atoms with Crippen molar-refractivity contribution < 1.29 is 8.78 Å². The van der Waals surface area contributed by atoms with Crippen LogP contribution in [0.25, 0.3) is 11.5 Å². The van der Waals surface area contributed by atoms with E-state index >= 15 is 0 Å². The molecule has 0 radical (unpaired) electrons. The molecule has 146 valence electrons. The van der Waals surface area contributed by atoms with Gasteiger partial charge < -0.3 is 0 Å². The molecule has 29 heavy (non-hydrogen) atoms. The van der Waals surface area contributed by atoms with Crippen LogP contribution in [0.5, 0.6) is 0 Å². The van der Waals surface area contributed by atoms with E-state index in [1.165, 1.54) is 10.8 Å².